The van der Waals surface area contributed by atoms with Crippen LogP contribution in [0, 0.1) is 10.1 Å². The van der Waals surface area contributed by atoms with E-state index < -0.39 is 22.1 Å². The van der Waals surface area contributed by atoms with Gasteiger partial charge in [0.1, 0.15) is 11.8 Å². The number of carboxylic acids is 1. The van der Waals surface area contributed by atoms with Crippen molar-refractivity contribution in [2.24, 2.45) is 0 Å². The van der Waals surface area contributed by atoms with Crippen LogP contribution >= 0.6 is 11.8 Å². The van der Waals surface area contributed by atoms with Crippen molar-refractivity contribution in [1.29, 1.82) is 0 Å². The Morgan fingerprint density at radius 2 is 2.31 bits per heavy atom. The van der Waals surface area contributed by atoms with Crippen molar-refractivity contribution in [3.05, 3.63) is 27.9 Å². The SMILES string of the molecule is O=C(O)c1cc(SCCO)ncc1[N+](=O)[O-]. The van der Waals surface area contributed by atoms with Crippen LogP contribution in [-0.2, 0) is 0 Å². The quantitative estimate of drug-likeness (QED) is 0.446. The van der Waals surface area contributed by atoms with Gasteiger partial charge in [-0.15, -0.1) is 11.8 Å². The second-order valence-electron chi connectivity index (χ2n) is 2.67. The highest BCUT2D eigenvalue weighted by atomic mass is 32.2. The topological polar surface area (TPSA) is 114 Å². The molecule has 16 heavy (non-hydrogen) atoms. The average molecular weight is 244 g/mol. The number of thioether (sulfide) groups is 1. The highest BCUT2D eigenvalue weighted by molar-refractivity contribution is 7.99. The van der Waals surface area contributed by atoms with Gasteiger partial charge in [-0.3, -0.25) is 10.1 Å². The predicted molar refractivity (Wildman–Crippen MR) is 55.7 cm³/mol. The molecule has 0 fully saturated rings. The number of rotatable bonds is 5. The summed E-state index contributed by atoms with van der Waals surface area (Å²) in [5, 5.41) is 28.2. The molecule has 0 unspecified atom stereocenters. The van der Waals surface area contributed by atoms with Gasteiger partial charge in [0.05, 0.1) is 16.6 Å². The van der Waals surface area contributed by atoms with Crippen LogP contribution in [0.1, 0.15) is 10.4 Å². The first kappa shape index (κ1) is 12.4. The number of aromatic nitrogens is 1. The Balaban J connectivity index is 3.07. The molecule has 0 aliphatic heterocycles. The van der Waals surface area contributed by atoms with Crippen molar-refractivity contribution in [3.63, 3.8) is 0 Å². The standard InChI is InChI=1S/C8H8N2O5S/c11-1-2-16-7-3-5(8(12)13)6(4-9-7)10(14)15/h3-4,11H,1-2H2,(H,12,13). The molecule has 0 spiro atoms. The van der Waals surface area contributed by atoms with E-state index in [2.05, 4.69) is 4.98 Å². The highest BCUT2D eigenvalue weighted by Gasteiger charge is 2.20. The minimum absolute atomic E-state index is 0.0776. The molecule has 0 radical (unpaired) electrons. The predicted octanol–water partition coefficient (Wildman–Crippen LogP) is 0.772. The Morgan fingerprint density at radius 1 is 1.62 bits per heavy atom. The number of hydrogen-bond acceptors (Lipinski definition) is 6. The van der Waals surface area contributed by atoms with E-state index in [-0.39, 0.29) is 6.61 Å². The lowest BCUT2D eigenvalue weighted by Crippen LogP contribution is -2.04. The van der Waals surface area contributed by atoms with Crippen molar-refractivity contribution in [2.75, 3.05) is 12.4 Å². The van der Waals surface area contributed by atoms with Gasteiger partial charge in [0.2, 0.25) is 0 Å². The molecule has 1 aromatic rings. The van der Waals surface area contributed by atoms with Gasteiger partial charge in [-0.2, -0.15) is 0 Å². The maximum Gasteiger partial charge on any atom is 0.342 e. The zero-order chi connectivity index (χ0) is 12.1. The second kappa shape index (κ2) is 5.42. The van der Waals surface area contributed by atoms with Gasteiger partial charge in [0, 0.05) is 5.75 Å². The summed E-state index contributed by atoms with van der Waals surface area (Å²) in [6.07, 6.45) is 0.906. The number of hydrogen-bond donors (Lipinski definition) is 2. The smallest absolute Gasteiger partial charge is 0.342 e. The first-order chi connectivity index (χ1) is 7.56. The van der Waals surface area contributed by atoms with E-state index in [4.69, 9.17) is 10.2 Å². The monoisotopic (exact) mass is 244 g/mol. The molecule has 0 saturated carbocycles. The summed E-state index contributed by atoms with van der Waals surface area (Å²) in [7, 11) is 0. The number of carboxylic acid groups (broad SMARTS) is 1. The Kier molecular flexibility index (Phi) is 4.20. The molecule has 0 aromatic carbocycles. The van der Waals surface area contributed by atoms with Crippen molar-refractivity contribution < 1.29 is 19.9 Å². The summed E-state index contributed by atoms with van der Waals surface area (Å²) in [6.45, 7) is -0.0776. The van der Waals surface area contributed by atoms with Crippen LogP contribution in [0.2, 0.25) is 0 Å². The molecule has 1 aromatic heterocycles. The Bertz CT molecular complexity index is 423. The van der Waals surface area contributed by atoms with Crippen LogP contribution < -0.4 is 0 Å². The third kappa shape index (κ3) is 2.91. The minimum atomic E-state index is -1.38. The lowest BCUT2D eigenvalue weighted by molar-refractivity contribution is -0.385. The van der Waals surface area contributed by atoms with Gasteiger partial charge in [-0.25, -0.2) is 9.78 Å². The molecule has 2 N–H and O–H groups in total. The number of aliphatic hydroxyl groups excluding tert-OH is 1. The molecule has 1 heterocycles. The molecule has 86 valence electrons. The Morgan fingerprint density at radius 3 is 2.81 bits per heavy atom. The highest BCUT2D eigenvalue weighted by Crippen LogP contribution is 2.23. The normalized spacial score (nSPS) is 10.1. The van der Waals surface area contributed by atoms with Crippen molar-refractivity contribution in [2.45, 2.75) is 5.03 Å². The number of carbonyl (C=O) groups is 1. The van der Waals surface area contributed by atoms with Crippen LogP contribution in [-0.4, -0.2) is 38.4 Å². The molecule has 8 heteroatoms. The van der Waals surface area contributed by atoms with Crippen molar-refractivity contribution in [3.8, 4) is 0 Å². The maximum absolute atomic E-state index is 10.8. The summed E-state index contributed by atoms with van der Waals surface area (Å²) >= 11 is 1.13. The lowest BCUT2D eigenvalue weighted by atomic mass is 10.2. The fourth-order valence-corrected chi connectivity index (χ4v) is 1.60. The fraction of sp³-hybridized carbons (Fsp3) is 0.250. The molecular formula is C8H8N2O5S. The molecular weight excluding hydrogens is 236 g/mol. The van der Waals surface area contributed by atoms with E-state index >= 15 is 0 Å². The third-order valence-corrected chi connectivity index (χ3v) is 2.53. The van der Waals surface area contributed by atoms with Crippen molar-refractivity contribution in [1.82, 2.24) is 4.98 Å². The van der Waals surface area contributed by atoms with Gasteiger partial charge in [-0.1, -0.05) is 0 Å². The molecule has 0 aliphatic carbocycles. The number of aliphatic hydroxyl groups is 1. The van der Waals surface area contributed by atoms with Crippen LogP contribution in [0.3, 0.4) is 0 Å². The molecule has 1 rings (SSSR count). The Hall–Kier alpha value is -1.67. The van der Waals surface area contributed by atoms with Gasteiger partial charge >= 0.3 is 11.7 Å². The van der Waals surface area contributed by atoms with E-state index in [0.717, 1.165) is 24.0 Å². The van der Waals surface area contributed by atoms with Crippen LogP contribution in [0.5, 0.6) is 0 Å². The van der Waals surface area contributed by atoms with Crippen LogP contribution in [0.4, 0.5) is 5.69 Å². The molecule has 7 nitrogen and oxygen atoms in total. The summed E-state index contributed by atoms with van der Waals surface area (Å²) in [5.74, 6) is -1.02. The van der Waals surface area contributed by atoms with Gasteiger partial charge in [0.25, 0.3) is 0 Å². The fourth-order valence-electron chi connectivity index (χ4n) is 0.975. The number of nitro groups is 1. The van der Waals surface area contributed by atoms with E-state index in [1.165, 1.54) is 0 Å². The summed E-state index contributed by atoms with van der Waals surface area (Å²) < 4.78 is 0. The van der Waals surface area contributed by atoms with Gasteiger partial charge in [-0.05, 0) is 6.07 Å². The summed E-state index contributed by atoms with van der Waals surface area (Å²) in [6, 6.07) is 1.13. The number of aromatic carboxylic acids is 1. The minimum Gasteiger partial charge on any atom is -0.477 e. The molecule has 0 atom stereocenters. The van der Waals surface area contributed by atoms with Gasteiger partial charge in [0.15, 0.2) is 0 Å². The molecule has 0 aliphatic rings. The second-order valence-corrected chi connectivity index (χ2v) is 3.79. The Labute approximate surface area is 94.3 Å². The summed E-state index contributed by atoms with van der Waals surface area (Å²) in [4.78, 5) is 24.2. The first-order valence-corrected chi connectivity index (χ1v) is 5.16. The number of pyridine rings is 1. The van der Waals surface area contributed by atoms with Crippen LogP contribution in [0.25, 0.3) is 0 Å². The lowest BCUT2D eigenvalue weighted by Gasteiger charge is -2.01. The zero-order valence-electron chi connectivity index (χ0n) is 7.99. The first-order valence-electron chi connectivity index (χ1n) is 4.17. The van der Waals surface area contributed by atoms with E-state index in [9.17, 15) is 14.9 Å². The third-order valence-electron chi connectivity index (χ3n) is 1.63. The van der Waals surface area contributed by atoms with E-state index in [1.807, 2.05) is 0 Å². The van der Waals surface area contributed by atoms with E-state index in [0.29, 0.717) is 10.8 Å². The average Bonchev–Trinajstić information content (AvgIpc) is 2.25. The van der Waals surface area contributed by atoms with Crippen molar-refractivity contribution >= 4 is 23.4 Å². The zero-order valence-corrected chi connectivity index (χ0v) is 8.81. The van der Waals surface area contributed by atoms with Gasteiger partial charge < -0.3 is 10.2 Å². The molecule has 0 bridgehead atoms. The molecule has 0 amide bonds. The van der Waals surface area contributed by atoms with E-state index in [1.54, 1.807) is 0 Å². The largest absolute Gasteiger partial charge is 0.477 e. The molecule has 0 saturated heterocycles. The van der Waals surface area contributed by atoms with Crippen LogP contribution in [0.15, 0.2) is 17.3 Å². The number of nitrogens with zero attached hydrogens (tertiary/aromatic N) is 2. The maximum atomic E-state index is 10.8. The summed E-state index contributed by atoms with van der Waals surface area (Å²) in [5.41, 5.74) is -0.943.